The van der Waals surface area contributed by atoms with E-state index in [1.54, 1.807) is 18.2 Å². The van der Waals surface area contributed by atoms with Gasteiger partial charge in [-0.05, 0) is 22.7 Å². The first-order valence-electron chi connectivity index (χ1n) is 9.00. The van der Waals surface area contributed by atoms with Crippen LogP contribution >= 0.6 is 0 Å². The van der Waals surface area contributed by atoms with Gasteiger partial charge in [0.05, 0.1) is 19.4 Å². The van der Waals surface area contributed by atoms with E-state index in [0.717, 1.165) is 0 Å². The second kappa shape index (κ2) is 9.19. The van der Waals surface area contributed by atoms with Crippen molar-refractivity contribution in [2.75, 3.05) is 7.11 Å². The fraction of sp³-hybridized carbons (Fsp3) is 0.571. The van der Waals surface area contributed by atoms with Gasteiger partial charge in [0.15, 0.2) is 0 Å². The van der Waals surface area contributed by atoms with Crippen LogP contribution in [-0.2, 0) is 9.53 Å². The zero-order valence-electron chi connectivity index (χ0n) is 16.5. The number of rotatable bonds is 6. The number of ether oxygens (including phenoxy) is 1. The first kappa shape index (κ1) is 21.4. The second-order valence-corrected chi connectivity index (χ2v) is 13.1. The summed E-state index contributed by atoms with van der Waals surface area (Å²) in [5.74, 6) is 2.13. The van der Waals surface area contributed by atoms with Crippen LogP contribution in [0.15, 0.2) is 24.3 Å². The average molecular weight is 363 g/mol. The SMILES string of the molecule is COC(=O)C[C@@H](C#C[Si](C(C)C)(C(C)C)C(C)C)c1ccccc1F. The summed E-state index contributed by atoms with van der Waals surface area (Å²) >= 11 is 0. The predicted molar refractivity (Wildman–Crippen MR) is 105 cm³/mol. The van der Waals surface area contributed by atoms with Gasteiger partial charge in [-0.3, -0.25) is 4.79 Å². The summed E-state index contributed by atoms with van der Waals surface area (Å²) in [6.45, 7) is 13.4. The highest BCUT2D eigenvalue weighted by molar-refractivity contribution is 6.90. The molecule has 0 radical (unpaired) electrons. The van der Waals surface area contributed by atoms with Crippen LogP contribution in [-0.4, -0.2) is 21.2 Å². The van der Waals surface area contributed by atoms with E-state index in [0.29, 0.717) is 22.2 Å². The maximum atomic E-state index is 14.3. The molecule has 0 saturated carbocycles. The van der Waals surface area contributed by atoms with Crippen LogP contribution in [0.1, 0.15) is 59.4 Å². The number of hydrogen-bond acceptors (Lipinski definition) is 2. The van der Waals surface area contributed by atoms with Gasteiger partial charge in [-0.2, -0.15) is 0 Å². The van der Waals surface area contributed by atoms with Gasteiger partial charge in [0.2, 0.25) is 0 Å². The Hall–Kier alpha value is -1.60. The van der Waals surface area contributed by atoms with E-state index < -0.39 is 14.0 Å². The molecule has 0 bridgehead atoms. The van der Waals surface area contributed by atoms with Crippen molar-refractivity contribution in [3.63, 3.8) is 0 Å². The third kappa shape index (κ3) is 4.95. The molecule has 2 nitrogen and oxygen atoms in total. The largest absolute Gasteiger partial charge is 0.469 e. The van der Waals surface area contributed by atoms with Crippen LogP contribution in [0.5, 0.6) is 0 Å². The molecule has 0 spiro atoms. The van der Waals surface area contributed by atoms with Gasteiger partial charge >= 0.3 is 5.97 Å². The van der Waals surface area contributed by atoms with E-state index in [1.165, 1.54) is 13.2 Å². The Balaban J connectivity index is 3.41. The molecule has 1 atom stereocenters. The molecular weight excluding hydrogens is 331 g/mol. The van der Waals surface area contributed by atoms with Crippen LogP contribution in [0.4, 0.5) is 4.39 Å². The van der Waals surface area contributed by atoms with Gasteiger partial charge in [0.1, 0.15) is 13.9 Å². The molecule has 0 amide bonds. The molecule has 0 aliphatic heterocycles. The van der Waals surface area contributed by atoms with Crippen molar-refractivity contribution in [1.82, 2.24) is 0 Å². The number of methoxy groups -OCH3 is 1. The zero-order valence-corrected chi connectivity index (χ0v) is 17.5. The van der Waals surface area contributed by atoms with Crippen molar-refractivity contribution in [3.05, 3.63) is 35.6 Å². The van der Waals surface area contributed by atoms with E-state index in [2.05, 4.69) is 53.0 Å². The summed E-state index contributed by atoms with van der Waals surface area (Å²) in [6, 6.07) is 6.56. The fourth-order valence-electron chi connectivity index (χ4n) is 3.89. The molecule has 138 valence electrons. The van der Waals surface area contributed by atoms with Crippen molar-refractivity contribution in [1.29, 1.82) is 0 Å². The summed E-state index contributed by atoms with van der Waals surface area (Å²) in [5, 5.41) is 0. The molecule has 0 fully saturated rings. The minimum atomic E-state index is -1.94. The van der Waals surface area contributed by atoms with E-state index in [-0.39, 0.29) is 18.2 Å². The van der Waals surface area contributed by atoms with Crippen molar-refractivity contribution >= 4 is 14.0 Å². The smallest absolute Gasteiger partial charge is 0.307 e. The Kier molecular flexibility index (Phi) is 7.88. The third-order valence-electron chi connectivity index (χ3n) is 5.21. The highest BCUT2D eigenvalue weighted by Gasteiger charge is 2.41. The average Bonchev–Trinajstić information content (AvgIpc) is 2.53. The van der Waals surface area contributed by atoms with Crippen LogP contribution in [0, 0.1) is 17.3 Å². The molecule has 1 aromatic rings. The minimum absolute atomic E-state index is 0.0726. The zero-order chi connectivity index (χ0) is 19.2. The van der Waals surface area contributed by atoms with Crippen molar-refractivity contribution in [2.24, 2.45) is 0 Å². The number of esters is 1. The van der Waals surface area contributed by atoms with E-state index in [1.807, 2.05) is 0 Å². The first-order chi connectivity index (χ1) is 11.7. The molecule has 0 aliphatic carbocycles. The number of carbonyl (C=O) groups is 1. The van der Waals surface area contributed by atoms with E-state index in [4.69, 9.17) is 4.74 Å². The second-order valence-electron chi connectivity index (χ2n) is 7.52. The highest BCUT2D eigenvalue weighted by Crippen LogP contribution is 2.41. The third-order valence-corrected chi connectivity index (χ3v) is 11.5. The molecule has 0 N–H and O–H groups in total. The molecule has 0 aromatic heterocycles. The van der Waals surface area contributed by atoms with Gasteiger partial charge in [0, 0.05) is 5.56 Å². The maximum Gasteiger partial charge on any atom is 0.307 e. The van der Waals surface area contributed by atoms with E-state index in [9.17, 15) is 9.18 Å². The van der Waals surface area contributed by atoms with Crippen molar-refractivity contribution in [3.8, 4) is 11.5 Å². The Labute approximate surface area is 153 Å². The van der Waals surface area contributed by atoms with Gasteiger partial charge in [-0.1, -0.05) is 59.7 Å². The van der Waals surface area contributed by atoms with Crippen LogP contribution < -0.4 is 0 Å². The molecular formula is C21H31FO2Si. The standard InChI is InChI=1S/C21H31FO2Si/c1-15(2)25(16(3)4,17(5)6)13-12-18(14-21(23)24-7)19-10-8-9-11-20(19)22/h8-11,15-18H,14H2,1-7H3/t18-/m1/s1. The molecule has 1 rings (SSSR count). The topological polar surface area (TPSA) is 26.3 Å². The number of hydrogen-bond donors (Lipinski definition) is 0. The van der Waals surface area contributed by atoms with Gasteiger partial charge in [-0.25, -0.2) is 4.39 Å². The molecule has 1 aromatic carbocycles. The van der Waals surface area contributed by atoms with E-state index >= 15 is 0 Å². The lowest BCUT2D eigenvalue weighted by molar-refractivity contribution is -0.140. The minimum Gasteiger partial charge on any atom is -0.469 e. The van der Waals surface area contributed by atoms with Gasteiger partial charge in [-0.15, -0.1) is 11.5 Å². The molecule has 25 heavy (non-hydrogen) atoms. The normalized spacial score (nSPS) is 12.9. The Morgan fingerprint density at radius 3 is 2.04 bits per heavy atom. The first-order valence-corrected chi connectivity index (χ1v) is 11.2. The van der Waals surface area contributed by atoms with Crippen LogP contribution in [0.2, 0.25) is 16.6 Å². The lowest BCUT2D eigenvalue weighted by atomic mass is 9.96. The Morgan fingerprint density at radius 1 is 1.08 bits per heavy atom. The summed E-state index contributed by atoms with van der Waals surface area (Å²) in [7, 11) is -0.587. The quantitative estimate of drug-likeness (QED) is 0.369. The summed E-state index contributed by atoms with van der Waals surface area (Å²) in [5.41, 5.74) is 5.53. The molecule has 0 saturated heterocycles. The lowest BCUT2D eigenvalue weighted by Gasteiger charge is -2.38. The number of halogens is 1. The maximum absolute atomic E-state index is 14.3. The Bertz CT molecular complexity index is 619. The summed E-state index contributed by atoms with van der Waals surface area (Å²) < 4.78 is 19.1. The van der Waals surface area contributed by atoms with Crippen molar-refractivity contribution < 1.29 is 13.9 Å². The monoisotopic (exact) mass is 362 g/mol. The predicted octanol–water partition coefficient (Wildman–Crippen LogP) is 5.69. The lowest BCUT2D eigenvalue weighted by Crippen LogP contribution is -2.43. The van der Waals surface area contributed by atoms with Crippen LogP contribution in [0.25, 0.3) is 0 Å². The van der Waals surface area contributed by atoms with Crippen molar-refractivity contribution in [2.45, 2.75) is 70.5 Å². The van der Waals surface area contributed by atoms with Crippen LogP contribution in [0.3, 0.4) is 0 Å². The van der Waals surface area contributed by atoms with Gasteiger partial charge in [0.25, 0.3) is 0 Å². The van der Waals surface area contributed by atoms with Gasteiger partial charge < -0.3 is 4.74 Å². The summed E-state index contributed by atoms with van der Waals surface area (Å²) in [4.78, 5) is 11.8. The molecule has 0 heterocycles. The molecule has 0 unspecified atom stereocenters. The Morgan fingerprint density at radius 2 is 1.60 bits per heavy atom. The molecule has 0 aliphatic rings. The molecule has 4 heteroatoms. The highest BCUT2D eigenvalue weighted by atomic mass is 28.3. The summed E-state index contributed by atoms with van der Waals surface area (Å²) in [6.07, 6.45) is 0.0726. The number of benzene rings is 1. The fourth-order valence-corrected chi connectivity index (χ4v) is 9.18. The number of carbonyl (C=O) groups excluding carboxylic acids is 1.